The Morgan fingerprint density at radius 3 is 2.76 bits per heavy atom. The lowest BCUT2D eigenvalue weighted by Crippen LogP contribution is -2.50. The van der Waals surface area contributed by atoms with Crippen LogP contribution >= 0.6 is 0 Å². The molecule has 0 aliphatic carbocycles. The maximum absolute atomic E-state index is 14.1. The van der Waals surface area contributed by atoms with Gasteiger partial charge in [-0.2, -0.15) is 0 Å². The average molecular weight is 560 g/mol. The molecule has 0 spiro atoms. The zero-order valence-electron chi connectivity index (χ0n) is 23.0. The molecule has 2 aromatic carbocycles. The summed E-state index contributed by atoms with van der Waals surface area (Å²) in [6.45, 7) is 4.05. The van der Waals surface area contributed by atoms with E-state index < -0.39 is 18.0 Å². The molecule has 0 saturated heterocycles. The second-order valence-electron chi connectivity index (χ2n) is 10.2. The highest BCUT2D eigenvalue weighted by atomic mass is 19.1. The summed E-state index contributed by atoms with van der Waals surface area (Å²) in [5.74, 6) is 5.59. The number of halogens is 1. The highest BCUT2D eigenvalue weighted by molar-refractivity contribution is 5.97. The maximum atomic E-state index is 14.1. The fourth-order valence-corrected chi connectivity index (χ4v) is 4.69. The molecule has 2 aliphatic heterocycles. The van der Waals surface area contributed by atoms with Crippen LogP contribution < -0.4 is 14.2 Å². The number of amides is 2. The van der Waals surface area contributed by atoms with Crippen LogP contribution in [-0.2, 0) is 0 Å². The second kappa shape index (κ2) is 11.9. The van der Waals surface area contributed by atoms with Gasteiger partial charge in [0.15, 0.2) is 11.5 Å². The van der Waals surface area contributed by atoms with Crippen molar-refractivity contribution in [3.8, 4) is 29.2 Å². The summed E-state index contributed by atoms with van der Waals surface area (Å²) in [7, 11) is 1.68. The van der Waals surface area contributed by atoms with E-state index in [4.69, 9.17) is 14.2 Å². The maximum Gasteiger partial charge on any atom is 0.259 e. The summed E-state index contributed by atoms with van der Waals surface area (Å²) in [5.41, 5.74) is 1.24. The van der Waals surface area contributed by atoms with Gasteiger partial charge in [-0.05, 0) is 43.3 Å². The van der Waals surface area contributed by atoms with Gasteiger partial charge in [-0.3, -0.25) is 9.59 Å². The molecule has 0 unspecified atom stereocenters. The van der Waals surface area contributed by atoms with Crippen LogP contribution in [-0.4, -0.2) is 77.4 Å². The van der Waals surface area contributed by atoms with Crippen molar-refractivity contribution in [3.63, 3.8) is 0 Å². The molecule has 3 aromatic rings. The minimum Gasteiger partial charge on any atom is -0.472 e. The van der Waals surface area contributed by atoms with Crippen LogP contribution in [0, 0.1) is 23.6 Å². The van der Waals surface area contributed by atoms with Crippen molar-refractivity contribution in [2.75, 3.05) is 33.5 Å². The van der Waals surface area contributed by atoms with E-state index in [-0.39, 0.29) is 61.2 Å². The number of likely N-dealkylation sites (N-methyl/N-ethyl adjacent to an activating group) is 1. The Morgan fingerprint density at radius 1 is 1.20 bits per heavy atom. The minimum absolute atomic E-state index is 0.0991. The largest absolute Gasteiger partial charge is 0.472 e. The molecular weight excluding hydrogens is 529 g/mol. The molecule has 2 amide bonds. The molecule has 1 N–H and O–H groups in total. The van der Waals surface area contributed by atoms with Gasteiger partial charge in [0.25, 0.3) is 11.8 Å². The Hall–Kier alpha value is -4.62. The number of rotatable bonds is 5. The van der Waals surface area contributed by atoms with Gasteiger partial charge in [0.1, 0.15) is 17.5 Å². The number of aromatic nitrogens is 1. The Morgan fingerprint density at radius 2 is 1.98 bits per heavy atom. The fourth-order valence-electron chi connectivity index (χ4n) is 4.69. The minimum atomic E-state index is -0.527. The van der Waals surface area contributed by atoms with Gasteiger partial charge >= 0.3 is 0 Å². The van der Waals surface area contributed by atoms with Crippen LogP contribution in [0.1, 0.15) is 45.7 Å². The van der Waals surface area contributed by atoms with Gasteiger partial charge in [-0.15, -0.1) is 0 Å². The van der Waals surface area contributed by atoms with Gasteiger partial charge < -0.3 is 29.1 Å². The summed E-state index contributed by atoms with van der Waals surface area (Å²) < 4.78 is 31.1. The lowest BCUT2D eigenvalue weighted by atomic mass is 9.99. The molecule has 9 nitrogen and oxygen atoms in total. The zero-order valence-corrected chi connectivity index (χ0v) is 23.0. The molecule has 3 atom stereocenters. The van der Waals surface area contributed by atoms with Gasteiger partial charge in [-0.25, -0.2) is 9.37 Å². The molecule has 212 valence electrons. The molecule has 5 rings (SSSR count). The topological polar surface area (TPSA) is 101 Å². The van der Waals surface area contributed by atoms with Crippen LogP contribution in [0.15, 0.2) is 54.7 Å². The normalized spacial score (nSPS) is 18.3. The van der Waals surface area contributed by atoms with Crippen molar-refractivity contribution in [1.29, 1.82) is 0 Å². The van der Waals surface area contributed by atoms with Crippen molar-refractivity contribution in [2.45, 2.75) is 26.0 Å². The number of aliphatic hydroxyl groups excluding tert-OH is 1. The smallest absolute Gasteiger partial charge is 0.259 e. The third kappa shape index (κ3) is 5.95. The highest BCUT2D eigenvalue weighted by Gasteiger charge is 2.35. The van der Waals surface area contributed by atoms with Gasteiger partial charge in [0, 0.05) is 36.8 Å². The summed E-state index contributed by atoms with van der Waals surface area (Å²) in [6, 6.07) is 12.3. The molecule has 0 bridgehead atoms. The van der Waals surface area contributed by atoms with E-state index in [2.05, 4.69) is 16.8 Å². The first-order chi connectivity index (χ1) is 19.7. The number of hydrogen-bond donors (Lipinski definition) is 1. The number of ether oxygens (including phenoxy) is 3. The first-order valence-electron chi connectivity index (χ1n) is 13.2. The molecule has 1 aromatic heterocycles. The molecule has 10 heteroatoms. The first kappa shape index (κ1) is 27.9. The predicted molar refractivity (Wildman–Crippen MR) is 147 cm³/mol. The van der Waals surface area contributed by atoms with Crippen molar-refractivity contribution < 1.29 is 33.3 Å². The number of fused-ring (bicyclic) bond motifs is 2. The Kier molecular flexibility index (Phi) is 8.08. The second-order valence-corrected chi connectivity index (χ2v) is 10.2. The van der Waals surface area contributed by atoms with Crippen LogP contribution in [0.25, 0.3) is 0 Å². The van der Waals surface area contributed by atoms with E-state index in [9.17, 15) is 19.1 Å². The summed E-state index contributed by atoms with van der Waals surface area (Å²) in [6.07, 6.45) is 0.936. The quantitative estimate of drug-likeness (QED) is 0.479. The SMILES string of the molecule is C[C@H]1CN([C@@H](C)CO)C(=O)c2cc(C#Cc3ccccc3F)cnc2O[C@@H]1CN(C)C(=O)c1ccc2c(c1)OCO2. The van der Waals surface area contributed by atoms with Crippen molar-refractivity contribution in [1.82, 2.24) is 14.8 Å². The number of aliphatic hydroxyl groups is 1. The first-order valence-corrected chi connectivity index (χ1v) is 13.2. The van der Waals surface area contributed by atoms with Crippen molar-refractivity contribution >= 4 is 11.8 Å². The summed E-state index contributed by atoms with van der Waals surface area (Å²) in [5, 5.41) is 9.90. The van der Waals surface area contributed by atoms with Crippen LogP contribution in [0.3, 0.4) is 0 Å². The molecule has 41 heavy (non-hydrogen) atoms. The highest BCUT2D eigenvalue weighted by Crippen LogP contribution is 2.33. The van der Waals surface area contributed by atoms with E-state index in [1.807, 2.05) is 6.92 Å². The van der Waals surface area contributed by atoms with Gasteiger partial charge in [0.05, 0.1) is 24.8 Å². The molecule has 0 saturated carbocycles. The van der Waals surface area contributed by atoms with E-state index >= 15 is 0 Å². The fraction of sp³-hybridized carbons (Fsp3) is 0.323. The van der Waals surface area contributed by atoms with Gasteiger partial charge in [0.2, 0.25) is 12.7 Å². The third-order valence-corrected chi connectivity index (χ3v) is 7.16. The lowest BCUT2D eigenvalue weighted by molar-refractivity contribution is 0.0313. The summed E-state index contributed by atoms with van der Waals surface area (Å²) in [4.78, 5) is 34.4. The van der Waals surface area contributed by atoms with E-state index in [0.717, 1.165) is 0 Å². The van der Waals surface area contributed by atoms with Crippen molar-refractivity contribution in [3.05, 3.63) is 82.8 Å². The lowest BCUT2D eigenvalue weighted by Gasteiger charge is -2.37. The standard InChI is InChI=1S/C31H30FN3O6/c1-19-15-35(20(2)17-36)31(38)24-12-21(8-9-22-6-4-5-7-25(22)32)14-33-29(24)41-28(19)16-34(3)30(37)23-10-11-26-27(13-23)40-18-39-26/h4-7,10-14,19-20,28,36H,15-18H2,1-3H3/t19-,20-,28+/m0/s1. The van der Waals surface area contributed by atoms with Gasteiger partial charge in [-0.1, -0.05) is 30.9 Å². The number of pyridine rings is 1. The zero-order chi connectivity index (χ0) is 29.1. The van der Waals surface area contributed by atoms with E-state index in [1.54, 1.807) is 66.2 Å². The van der Waals surface area contributed by atoms with Crippen LogP contribution in [0.4, 0.5) is 4.39 Å². The van der Waals surface area contributed by atoms with Crippen molar-refractivity contribution in [2.24, 2.45) is 5.92 Å². The van der Waals surface area contributed by atoms with Crippen LogP contribution in [0.2, 0.25) is 0 Å². The Balaban J connectivity index is 1.43. The average Bonchev–Trinajstić information content (AvgIpc) is 3.46. The number of nitrogens with zero attached hydrogens (tertiary/aromatic N) is 3. The molecule has 3 heterocycles. The predicted octanol–water partition coefficient (Wildman–Crippen LogP) is 3.34. The number of carbonyl (C=O) groups excluding carboxylic acids is 2. The van der Waals surface area contributed by atoms with Crippen LogP contribution in [0.5, 0.6) is 17.4 Å². The molecule has 2 aliphatic rings. The molecule has 0 radical (unpaired) electrons. The third-order valence-electron chi connectivity index (χ3n) is 7.16. The number of benzene rings is 2. The molecule has 0 fully saturated rings. The molecular formula is C31H30FN3O6. The van der Waals surface area contributed by atoms with E-state index in [1.165, 1.54) is 12.3 Å². The monoisotopic (exact) mass is 559 g/mol. The number of carbonyl (C=O) groups is 2. The summed E-state index contributed by atoms with van der Waals surface area (Å²) >= 11 is 0. The Labute approximate surface area is 237 Å². The Bertz CT molecular complexity index is 1530. The number of hydrogen-bond acceptors (Lipinski definition) is 7. The van der Waals surface area contributed by atoms with E-state index in [0.29, 0.717) is 22.6 Å².